The van der Waals surface area contributed by atoms with Crippen molar-refractivity contribution in [2.75, 3.05) is 5.32 Å². The van der Waals surface area contributed by atoms with Gasteiger partial charge in [-0.2, -0.15) is 10.1 Å². The minimum atomic E-state index is -0.411. The molecular weight excluding hydrogens is 258 g/mol. The van der Waals surface area contributed by atoms with Crippen molar-refractivity contribution in [1.29, 1.82) is 0 Å². The number of aromatic amines is 1. The molecule has 0 aliphatic rings. The van der Waals surface area contributed by atoms with Gasteiger partial charge >= 0.3 is 0 Å². The zero-order chi connectivity index (χ0) is 13.9. The van der Waals surface area contributed by atoms with Crippen LogP contribution in [0.4, 0.5) is 5.95 Å². The molecule has 7 heteroatoms. The third-order valence-corrected chi connectivity index (χ3v) is 2.74. The van der Waals surface area contributed by atoms with Gasteiger partial charge in [0.25, 0.3) is 5.91 Å². The van der Waals surface area contributed by atoms with Gasteiger partial charge in [0.15, 0.2) is 17.8 Å². The summed E-state index contributed by atoms with van der Waals surface area (Å²) in [5, 5.41) is 8.75. The molecule has 0 spiro atoms. The Labute approximate surface area is 114 Å². The van der Waals surface area contributed by atoms with Gasteiger partial charge in [0, 0.05) is 5.56 Å². The number of nitrogens with one attached hydrogen (secondary N) is 2. The molecule has 0 radical (unpaired) electrons. The maximum Gasteiger partial charge on any atom is 0.280 e. The summed E-state index contributed by atoms with van der Waals surface area (Å²) < 4.78 is 5.31. The van der Waals surface area contributed by atoms with E-state index in [4.69, 9.17) is 4.42 Å². The molecule has 0 saturated carbocycles. The Morgan fingerprint density at radius 3 is 2.75 bits per heavy atom. The van der Waals surface area contributed by atoms with Gasteiger partial charge < -0.3 is 4.42 Å². The number of carbonyl (C=O) groups is 1. The van der Waals surface area contributed by atoms with Crippen LogP contribution in [-0.2, 0) is 0 Å². The number of amides is 1. The molecule has 3 aromatic rings. The molecule has 0 bridgehead atoms. The molecule has 100 valence electrons. The lowest BCUT2D eigenvalue weighted by molar-refractivity contribution is 0.102. The van der Waals surface area contributed by atoms with E-state index in [1.54, 1.807) is 0 Å². The van der Waals surface area contributed by atoms with Gasteiger partial charge in [0.05, 0.1) is 0 Å². The van der Waals surface area contributed by atoms with Crippen LogP contribution >= 0.6 is 0 Å². The largest absolute Gasteiger partial charge is 0.443 e. The molecule has 20 heavy (non-hydrogen) atoms. The third kappa shape index (κ3) is 2.28. The van der Waals surface area contributed by atoms with Crippen LogP contribution in [0.1, 0.15) is 16.1 Å². The van der Waals surface area contributed by atoms with Crippen molar-refractivity contribution in [2.24, 2.45) is 0 Å². The first kappa shape index (κ1) is 12.1. The van der Waals surface area contributed by atoms with Gasteiger partial charge in [0.2, 0.25) is 5.95 Å². The van der Waals surface area contributed by atoms with Crippen molar-refractivity contribution < 1.29 is 9.21 Å². The number of hydrogen-bond acceptors (Lipinski definition) is 5. The summed E-state index contributed by atoms with van der Waals surface area (Å²) in [5.74, 6) is 0.265. The van der Waals surface area contributed by atoms with Crippen LogP contribution in [-0.4, -0.2) is 26.1 Å². The topological polar surface area (TPSA) is 96.7 Å². The van der Waals surface area contributed by atoms with E-state index in [9.17, 15) is 4.79 Å². The number of anilines is 1. The van der Waals surface area contributed by atoms with E-state index in [1.807, 2.05) is 31.2 Å². The first-order valence-electron chi connectivity index (χ1n) is 5.91. The Kier molecular flexibility index (Phi) is 3.00. The zero-order valence-corrected chi connectivity index (χ0v) is 10.6. The molecule has 0 unspecified atom stereocenters. The molecule has 0 aliphatic carbocycles. The number of rotatable bonds is 3. The second kappa shape index (κ2) is 4.96. The Hall–Kier alpha value is -2.96. The van der Waals surface area contributed by atoms with Crippen LogP contribution < -0.4 is 5.32 Å². The molecule has 0 saturated heterocycles. The van der Waals surface area contributed by atoms with Gasteiger partial charge in [-0.3, -0.25) is 10.1 Å². The lowest BCUT2D eigenvalue weighted by Crippen LogP contribution is -2.14. The van der Waals surface area contributed by atoms with Gasteiger partial charge in [-0.25, -0.2) is 10.1 Å². The molecule has 0 aliphatic heterocycles. The monoisotopic (exact) mass is 269 g/mol. The van der Waals surface area contributed by atoms with Crippen LogP contribution in [0.15, 0.2) is 41.4 Å². The Morgan fingerprint density at radius 1 is 1.25 bits per heavy atom. The number of oxazole rings is 1. The number of carbonyl (C=O) groups excluding carboxylic acids is 1. The fourth-order valence-corrected chi connectivity index (χ4v) is 1.75. The highest BCUT2D eigenvalue weighted by Crippen LogP contribution is 2.23. The number of hydrogen-bond donors (Lipinski definition) is 2. The number of H-pyrrole nitrogens is 1. The van der Waals surface area contributed by atoms with Crippen molar-refractivity contribution in [2.45, 2.75) is 6.92 Å². The minimum Gasteiger partial charge on any atom is -0.443 e. The second-order valence-electron chi connectivity index (χ2n) is 4.18. The van der Waals surface area contributed by atoms with Crippen molar-refractivity contribution in [3.63, 3.8) is 0 Å². The van der Waals surface area contributed by atoms with E-state index in [2.05, 4.69) is 25.5 Å². The summed E-state index contributed by atoms with van der Waals surface area (Å²) in [6.07, 6.45) is 2.55. The lowest BCUT2D eigenvalue weighted by Gasteiger charge is -2.02. The van der Waals surface area contributed by atoms with Gasteiger partial charge in [0.1, 0.15) is 6.33 Å². The van der Waals surface area contributed by atoms with Crippen molar-refractivity contribution in [3.05, 3.63) is 48.2 Å². The first-order chi connectivity index (χ1) is 9.74. The maximum atomic E-state index is 12.1. The summed E-state index contributed by atoms with van der Waals surface area (Å²) in [5.41, 5.74) is 2.11. The van der Waals surface area contributed by atoms with E-state index in [1.165, 1.54) is 12.7 Å². The smallest absolute Gasteiger partial charge is 0.280 e. The van der Waals surface area contributed by atoms with Gasteiger partial charge in [-0.15, -0.1) is 0 Å². The normalized spacial score (nSPS) is 10.4. The van der Waals surface area contributed by atoms with Crippen molar-refractivity contribution >= 4 is 11.9 Å². The van der Waals surface area contributed by atoms with Crippen LogP contribution in [0.2, 0.25) is 0 Å². The summed E-state index contributed by atoms with van der Waals surface area (Å²) in [7, 11) is 0. The van der Waals surface area contributed by atoms with E-state index in [0.717, 1.165) is 11.1 Å². The summed E-state index contributed by atoms with van der Waals surface area (Å²) in [6, 6.07) is 7.63. The van der Waals surface area contributed by atoms with Crippen LogP contribution in [0.5, 0.6) is 0 Å². The Balaban J connectivity index is 1.90. The highest BCUT2D eigenvalue weighted by Gasteiger charge is 2.19. The molecule has 1 aromatic carbocycles. The van der Waals surface area contributed by atoms with Crippen LogP contribution in [0, 0.1) is 6.92 Å². The number of aromatic nitrogens is 4. The molecule has 1 amide bonds. The average molecular weight is 269 g/mol. The molecule has 0 fully saturated rings. The molecule has 3 rings (SSSR count). The first-order valence-corrected chi connectivity index (χ1v) is 5.91. The number of aryl methyl sites for hydroxylation is 1. The van der Waals surface area contributed by atoms with Crippen LogP contribution in [0.25, 0.3) is 11.3 Å². The molecular formula is C13H11N5O2. The molecule has 2 heterocycles. The summed E-state index contributed by atoms with van der Waals surface area (Å²) in [4.78, 5) is 19.9. The fraction of sp³-hybridized carbons (Fsp3) is 0.0769. The van der Waals surface area contributed by atoms with Gasteiger partial charge in [-0.1, -0.05) is 29.8 Å². The van der Waals surface area contributed by atoms with Crippen molar-refractivity contribution in [3.8, 4) is 11.3 Å². The Morgan fingerprint density at radius 2 is 2.05 bits per heavy atom. The summed E-state index contributed by atoms with van der Waals surface area (Å²) in [6.45, 7) is 1.99. The summed E-state index contributed by atoms with van der Waals surface area (Å²) >= 11 is 0. The van der Waals surface area contributed by atoms with E-state index in [-0.39, 0.29) is 11.6 Å². The average Bonchev–Trinajstić information content (AvgIpc) is 3.10. The van der Waals surface area contributed by atoms with E-state index in [0.29, 0.717) is 5.76 Å². The van der Waals surface area contributed by atoms with Crippen molar-refractivity contribution in [1.82, 2.24) is 20.2 Å². The fourth-order valence-electron chi connectivity index (χ4n) is 1.75. The highest BCUT2D eigenvalue weighted by molar-refractivity contribution is 6.05. The van der Waals surface area contributed by atoms with Crippen LogP contribution in [0.3, 0.4) is 0 Å². The lowest BCUT2D eigenvalue weighted by atomic mass is 10.1. The maximum absolute atomic E-state index is 12.1. The molecule has 2 aromatic heterocycles. The predicted octanol–water partition coefficient (Wildman–Crippen LogP) is 2.02. The van der Waals surface area contributed by atoms with E-state index < -0.39 is 5.91 Å². The van der Waals surface area contributed by atoms with Gasteiger partial charge in [-0.05, 0) is 6.92 Å². The second-order valence-corrected chi connectivity index (χ2v) is 4.18. The minimum absolute atomic E-state index is 0.199. The predicted molar refractivity (Wildman–Crippen MR) is 71.0 cm³/mol. The molecule has 7 nitrogen and oxygen atoms in total. The highest BCUT2D eigenvalue weighted by atomic mass is 16.3. The zero-order valence-electron chi connectivity index (χ0n) is 10.6. The Bertz CT molecular complexity index is 716. The standard InChI is InChI=1S/C13H11N5O2/c1-8-2-4-9(5-3-8)11-10(15-7-20-11)12(19)17-13-14-6-16-18-13/h2-7H,1H3,(H2,14,16,17,18,19). The SMILES string of the molecule is Cc1ccc(-c2ocnc2C(=O)Nc2ncn[nH]2)cc1. The molecule has 0 atom stereocenters. The molecule has 2 N–H and O–H groups in total. The third-order valence-electron chi connectivity index (χ3n) is 2.74. The quantitative estimate of drug-likeness (QED) is 0.758. The number of nitrogens with zero attached hydrogens (tertiary/aromatic N) is 3. The number of benzene rings is 1. The van der Waals surface area contributed by atoms with E-state index >= 15 is 0 Å².